The van der Waals surface area contributed by atoms with Gasteiger partial charge in [0, 0.05) is 7.05 Å². The second-order valence-corrected chi connectivity index (χ2v) is 6.92. The topological polar surface area (TPSA) is 82.1 Å². The number of esters is 2. The first kappa shape index (κ1) is 20.2. The zero-order chi connectivity index (χ0) is 17.7. The molecule has 0 saturated heterocycles. The zero-order valence-electron chi connectivity index (χ0n) is 14.7. The predicted molar refractivity (Wildman–Crippen MR) is 80.3 cm³/mol. The fourth-order valence-corrected chi connectivity index (χ4v) is 1.45. The summed E-state index contributed by atoms with van der Waals surface area (Å²) in [6.45, 7) is 10.2. The van der Waals surface area contributed by atoms with E-state index in [2.05, 4.69) is 4.74 Å². The van der Waals surface area contributed by atoms with Gasteiger partial charge in [-0.05, 0) is 41.5 Å². The first-order valence-electron chi connectivity index (χ1n) is 7.02. The standard InChI is InChI=1S/C15H27NO6/c1-14(2,3)21-12(18)10(9-11(17)20-8)16(7)13(19)22-15(4,5)6/h10H,9H2,1-8H3. The Kier molecular flexibility index (Phi) is 6.86. The zero-order valence-corrected chi connectivity index (χ0v) is 14.7. The van der Waals surface area contributed by atoms with E-state index in [9.17, 15) is 14.4 Å². The van der Waals surface area contributed by atoms with Crippen molar-refractivity contribution in [1.29, 1.82) is 0 Å². The Morgan fingerprint density at radius 3 is 1.77 bits per heavy atom. The molecular weight excluding hydrogens is 290 g/mol. The lowest BCUT2D eigenvalue weighted by Crippen LogP contribution is -2.48. The van der Waals surface area contributed by atoms with Crippen molar-refractivity contribution in [3.63, 3.8) is 0 Å². The van der Waals surface area contributed by atoms with Crippen LogP contribution in [-0.4, -0.2) is 54.3 Å². The number of rotatable bonds is 4. The van der Waals surface area contributed by atoms with E-state index in [1.165, 1.54) is 14.2 Å². The Morgan fingerprint density at radius 1 is 0.955 bits per heavy atom. The molecule has 0 aromatic rings. The van der Waals surface area contributed by atoms with Gasteiger partial charge < -0.3 is 14.2 Å². The number of hydrogen-bond acceptors (Lipinski definition) is 6. The first-order chi connectivity index (χ1) is 9.76. The van der Waals surface area contributed by atoms with Crippen LogP contribution in [0.5, 0.6) is 0 Å². The number of hydrogen-bond donors (Lipinski definition) is 0. The number of methoxy groups -OCH3 is 1. The van der Waals surface area contributed by atoms with Crippen molar-refractivity contribution in [2.75, 3.05) is 14.2 Å². The van der Waals surface area contributed by atoms with Crippen molar-refractivity contribution in [1.82, 2.24) is 4.90 Å². The highest BCUT2D eigenvalue weighted by Crippen LogP contribution is 2.16. The van der Waals surface area contributed by atoms with Crippen LogP contribution in [0.3, 0.4) is 0 Å². The van der Waals surface area contributed by atoms with Gasteiger partial charge in [-0.25, -0.2) is 9.59 Å². The molecule has 0 N–H and O–H groups in total. The Labute approximate surface area is 131 Å². The molecule has 0 spiro atoms. The lowest BCUT2D eigenvalue weighted by Gasteiger charge is -2.31. The Balaban J connectivity index is 5.18. The van der Waals surface area contributed by atoms with Crippen molar-refractivity contribution in [2.24, 2.45) is 0 Å². The van der Waals surface area contributed by atoms with Gasteiger partial charge in [-0.15, -0.1) is 0 Å². The molecule has 7 heteroatoms. The van der Waals surface area contributed by atoms with Crippen LogP contribution >= 0.6 is 0 Å². The molecule has 0 heterocycles. The van der Waals surface area contributed by atoms with Gasteiger partial charge in [-0.1, -0.05) is 0 Å². The SMILES string of the molecule is COC(=O)CC(C(=O)OC(C)(C)C)N(C)C(=O)OC(C)(C)C. The maximum Gasteiger partial charge on any atom is 0.410 e. The summed E-state index contributed by atoms with van der Waals surface area (Å²) >= 11 is 0. The molecule has 0 aliphatic rings. The molecule has 1 unspecified atom stereocenters. The summed E-state index contributed by atoms with van der Waals surface area (Å²) < 4.78 is 15.0. The van der Waals surface area contributed by atoms with Gasteiger partial charge in [0.15, 0.2) is 0 Å². The smallest absolute Gasteiger partial charge is 0.410 e. The van der Waals surface area contributed by atoms with Crippen molar-refractivity contribution in [2.45, 2.75) is 65.2 Å². The molecule has 1 atom stereocenters. The largest absolute Gasteiger partial charge is 0.469 e. The maximum atomic E-state index is 12.2. The second kappa shape index (κ2) is 7.47. The highest BCUT2D eigenvalue weighted by Gasteiger charge is 2.35. The third-order valence-corrected chi connectivity index (χ3v) is 2.42. The molecule has 0 aromatic carbocycles. The van der Waals surface area contributed by atoms with Crippen molar-refractivity contribution >= 4 is 18.0 Å². The van der Waals surface area contributed by atoms with Gasteiger partial charge in [-0.2, -0.15) is 0 Å². The second-order valence-electron chi connectivity index (χ2n) is 6.92. The summed E-state index contributed by atoms with van der Waals surface area (Å²) in [5.41, 5.74) is -1.45. The molecule has 0 aliphatic heterocycles. The van der Waals surface area contributed by atoms with Crippen LogP contribution in [0.25, 0.3) is 0 Å². The molecule has 22 heavy (non-hydrogen) atoms. The van der Waals surface area contributed by atoms with Crippen molar-refractivity contribution in [3.05, 3.63) is 0 Å². The van der Waals surface area contributed by atoms with E-state index in [4.69, 9.17) is 9.47 Å². The minimum atomic E-state index is -1.11. The van der Waals surface area contributed by atoms with E-state index in [-0.39, 0.29) is 6.42 Å². The summed E-state index contributed by atoms with van der Waals surface area (Å²) in [6.07, 6.45) is -1.02. The minimum absolute atomic E-state index is 0.304. The van der Waals surface area contributed by atoms with Crippen LogP contribution in [0.4, 0.5) is 4.79 Å². The number of carbonyl (C=O) groups is 3. The van der Waals surface area contributed by atoms with Gasteiger partial charge in [0.25, 0.3) is 0 Å². The van der Waals surface area contributed by atoms with E-state index >= 15 is 0 Å². The molecule has 128 valence electrons. The highest BCUT2D eigenvalue weighted by molar-refractivity contribution is 5.86. The van der Waals surface area contributed by atoms with Crippen LogP contribution in [0.2, 0.25) is 0 Å². The average molecular weight is 317 g/mol. The normalized spacial score (nSPS) is 13.1. The summed E-state index contributed by atoms with van der Waals surface area (Å²) in [5, 5.41) is 0. The van der Waals surface area contributed by atoms with E-state index in [1.54, 1.807) is 41.5 Å². The number of carbonyl (C=O) groups excluding carboxylic acids is 3. The Bertz CT molecular complexity index is 419. The molecule has 0 bridgehead atoms. The molecule has 0 fully saturated rings. The molecule has 7 nitrogen and oxygen atoms in total. The molecule has 0 rings (SSSR count). The third-order valence-electron chi connectivity index (χ3n) is 2.42. The van der Waals surface area contributed by atoms with Crippen LogP contribution in [0.15, 0.2) is 0 Å². The van der Waals surface area contributed by atoms with Gasteiger partial charge in [0.2, 0.25) is 0 Å². The van der Waals surface area contributed by atoms with Crippen LogP contribution in [-0.2, 0) is 23.8 Å². The fraction of sp³-hybridized carbons (Fsp3) is 0.800. The van der Waals surface area contributed by atoms with Gasteiger partial charge in [-0.3, -0.25) is 9.69 Å². The Morgan fingerprint density at radius 2 is 1.41 bits per heavy atom. The summed E-state index contributed by atoms with van der Waals surface area (Å²) in [4.78, 5) is 36.9. The predicted octanol–water partition coefficient (Wildman–Crippen LogP) is 2.13. The molecule has 0 aliphatic carbocycles. The summed E-state index contributed by atoms with van der Waals surface area (Å²) in [5.74, 6) is -1.31. The molecule has 0 radical (unpaired) electrons. The highest BCUT2D eigenvalue weighted by atomic mass is 16.6. The molecular formula is C15H27NO6. The molecule has 1 amide bonds. The van der Waals surface area contributed by atoms with E-state index < -0.39 is 35.3 Å². The average Bonchev–Trinajstić information content (AvgIpc) is 2.30. The monoisotopic (exact) mass is 317 g/mol. The van der Waals surface area contributed by atoms with E-state index in [0.29, 0.717) is 0 Å². The lowest BCUT2D eigenvalue weighted by atomic mass is 10.1. The quantitative estimate of drug-likeness (QED) is 0.583. The molecule has 0 aromatic heterocycles. The van der Waals surface area contributed by atoms with E-state index in [1.807, 2.05) is 0 Å². The van der Waals surface area contributed by atoms with Crippen molar-refractivity contribution in [3.8, 4) is 0 Å². The first-order valence-corrected chi connectivity index (χ1v) is 7.02. The number of amides is 1. The fourth-order valence-electron chi connectivity index (χ4n) is 1.45. The molecule has 0 saturated carbocycles. The number of likely N-dealkylation sites (N-methyl/N-ethyl adjacent to an activating group) is 1. The van der Waals surface area contributed by atoms with Crippen LogP contribution in [0, 0.1) is 0 Å². The van der Waals surface area contributed by atoms with Gasteiger partial charge in [0.05, 0.1) is 13.5 Å². The number of nitrogens with zero attached hydrogens (tertiary/aromatic N) is 1. The summed E-state index contributed by atoms with van der Waals surface area (Å²) in [6, 6.07) is -1.11. The van der Waals surface area contributed by atoms with Crippen LogP contribution < -0.4 is 0 Å². The Hall–Kier alpha value is -1.79. The summed E-state index contributed by atoms with van der Waals surface area (Å²) in [7, 11) is 2.59. The minimum Gasteiger partial charge on any atom is -0.469 e. The lowest BCUT2D eigenvalue weighted by molar-refractivity contribution is -0.164. The van der Waals surface area contributed by atoms with Gasteiger partial charge >= 0.3 is 18.0 Å². The maximum absolute atomic E-state index is 12.2. The number of ether oxygens (including phenoxy) is 3. The van der Waals surface area contributed by atoms with Gasteiger partial charge in [0.1, 0.15) is 17.2 Å². The van der Waals surface area contributed by atoms with E-state index in [0.717, 1.165) is 4.90 Å². The van der Waals surface area contributed by atoms with Crippen molar-refractivity contribution < 1.29 is 28.6 Å². The third kappa shape index (κ3) is 7.85. The van der Waals surface area contributed by atoms with Crippen LogP contribution in [0.1, 0.15) is 48.0 Å².